The molecule has 0 N–H and O–H groups in total. The third-order valence-electron chi connectivity index (χ3n) is 1.86. The molecule has 0 saturated carbocycles. The van der Waals surface area contributed by atoms with Gasteiger partial charge in [-0.2, -0.15) is 0 Å². The van der Waals surface area contributed by atoms with Crippen LogP contribution in [0.25, 0.3) is 0 Å². The van der Waals surface area contributed by atoms with Crippen LogP contribution in [0.1, 0.15) is 24.6 Å². The third kappa shape index (κ3) is 3.59. The van der Waals surface area contributed by atoms with Crippen LogP contribution >= 0.6 is 11.6 Å². The summed E-state index contributed by atoms with van der Waals surface area (Å²) in [5, 5.41) is -0.640. The lowest BCUT2D eigenvalue weighted by molar-refractivity contribution is -0.142. The molecule has 0 aliphatic rings. The molecule has 3 nitrogen and oxygen atoms in total. The lowest BCUT2D eigenvalue weighted by atomic mass is 10.2. The molecule has 94 valence electrons. The van der Waals surface area contributed by atoms with Gasteiger partial charge in [-0.15, -0.1) is 0 Å². The molecule has 0 fully saturated rings. The van der Waals surface area contributed by atoms with E-state index in [0.717, 1.165) is 6.07 Å². The van der Waals surface area contributed by atoms with Gasteiger partial charge in [0.15, 0.2) is 0 Å². The van der Waals surface area contributed by atoms with E-state index in [2.05, 4.69) is 9.72 Å². The molecule has 7 heteroatoms. The quantitative estimate of drug-likeness (QED) is 0.622. The van der Waals surface area contributed by atoms with Crippen molar-refractivity contribution in [3.63, 3.8) is 0 Å². The highest BCUT2D eigenvalue weighted by Gasteiger charge is 2.20. The second kappa shape index (κ2) is 5.86. The van der Waals surface area contributed by atoms with E-state index in [0.29, 0.717) is 0 Å². The zero-order valence-electron chi connectivity index (χ0n) is 8.84. The Labute approximate surface area is 101 Å². The largest absolute Gasteiger partial charge is 0.466 e. The van der Waals surface area contributed by atoms with Gasteiger partial charge >= 0.3 is 5.97 Å². The number of esters is 1. The van der Waals surface area contributed by atoms with E-state index < -0.39 is 28.9 Å². The third-order valence-corrected chi connectivity index (χ3v) is 2.15. The van der Waals surface area contributed by atoms with E-state index in [1.54, 1.807) is 6.92 Å². The minimum Gasteiger partial charge on any atom is -0.466 e. The summed E-state index contributed by atoms with van der Waals surface area (Å²) < 4.78 is 42.5. The molecule has 1 rings (SSSR count). The molecule has 0 aromatic carbocycles. The molecule has 1 heterocycles. The summed E-state index contributed by atoms with van der Waals surface area (Å²) in [4.78, 5) is 14.6. The van der Waals surface area contributed by atoms with Crippen LogP contribution in [0.15, 0.2) is 6.07 Å². The highest BCUT2D eigenvalue weighted by Crippen LogP contribution is 2.28. The van der Waals surface area contributed by atoms with Crippen molar-refractivity contribution in [2.24, 2.45) is 0 Å². The van der Waals surface area contributed by atoms with Gasteiger partial charge in [0.25, 0.3) is 6.43 Å². The van der Waals surface area contributed by atoms with Gasteiger partial charge in [0.2, 0.25) is 0 Å². The molecule has 0 atom stereocenters. The highest BCUT2D eigenvalue weighted by molar-refractivity contribution is 6.30. The highest BCUT2D eigenvalue weighted by atomic mass is 35.5. The monoisotopic (exact) mass is 267 g/mol. The first-order valence-electron chi connectivity index (χ1n) is 4.74. The number of halogens is 4. The van der Waals surface area contributed by atoms with Gasteiger partial charge in [0, 0.05) is 0 Å². The van der Waals surface area contributed by atoms with Gasteiger partial charge in [-0.3, -0.25) is 4.79 Å². The molecule has 0 aliphatic carbocycles. The summed E-state index contributed by atoms with van der Waals surface area (Å²) in [5.41, 5.74) is -1.00. The van der Waals surface area contributed by atoms with Crippen molar-refractivity contribution in [3.8, 4) is 0 Å². The number of nitrogens with zero attached hydrogens (tertiary/aromatic N) is 1. The minimum atomic E-state index is -3.05. The SMILES string of the molecule is CCOC(=O)Cc1cc(F)c(C(F)F)c(Cl)n1. The van der Waals surface area contributed by atoms with Crippen LogP contribution in [0.5, 0.6) is 0 Å². The van der Waals surface area contributed by atoms with Gasteiger partial charge < -0.3 is 4.74 Å². The van der Waals surface area contributed by atoms with Crippen LogP contribution in [0.3, 0.4) is 0 Å². The number of carbonyl (C=O) groups is 1. The molecule has 0 spiro atoms. The van der Waals surface area contributed by atoms with Crippen LogP contribution in [0.4, 0.5) is 13.2 Å². The van der Waals surface area contributed by atoms with E-state index in [9.17, 15) is 18.0 Å². The standard InChI is InChI=1S/C10H9ClF3NO2/c1-2-17-7(16)4-5-3-6(12)8(10(13)14)9(11)15-5/h3,10H,2,4H2,1H3. The molecule has 17 heavy (non-hydrogen) atoms. The van der Waals surface area contributed by atoms with Crippen LogP contribution in [-0.4, -0.2) is 17.6 Å². The van der Waals surface area contributed by atoms with Gasteiger partial charge in [0.1, 0.15) is 11.0 Å². The van der Waals surface area contributed by atoms with Crippen molar-refractivity contribution < 1.29 is 22.7 Å². The fourth-order valence-electron chi connectivity index (χ4n) is 1.19. The maximum absolute atomic E-state index is 13.2. The average Bonchev–Trinajstić information content (AvgIpc) is 2.15. The molecule has 0 radical (unpaired) electrons. The number of hydrogen-bond donors (Lipinski definition) is 0. The summed E-state index contributed by atoms with van der Waals surface area (Å²) in [6, 6.07) is 0.754. The smallest absolute Gasteiger partial charge is 0.311 e. The summed E-state index contributed by atoms with van der Waals surface area (Å²) in [5.74, 6) is -1.81. The number of aromatic nitrogens is 1. The number of carbonyl (C=O) groups excluding carboxylic acids is 1. The van der Waals surface area contributed by atoms with E-state index in [-0.39, 0.29) is 18.7 Å². The number of ether oxygens (including phenoxy) is 1. The molecular formula is C10H9ClF3NO2. The Morgan fingerprint density at radius 1 is 1.59 bits per heavy atom. The Hall–Kier alpha value is -1.30. The van der Waals surface area contributed by atoms with Gasteiger partial charge in [-0.1, -0.05) is 11.6 Å². The minimum absolute atomic E-state index is 0.0460. The summed E-state index contributed by atoms with van der Waals surface area (Å²) >= 11 is 5.41. The number of alkyl halides is 2. The Balaban J connectivity index is 2.94. The zero-order chi connectivity index (χ0) is 13.0. The summed E-state index contributed by atoms with van der Waals surface area (Å²) in [6.45, 7) is 1.78. The summed E-state index contributed by atoms with van der Waals surface area (Å²) in [7, 11) is 0. The Kier molecular flexibility index (Phi) is 4.74. The second-order valence-electron chi connectivity index (χ2n) is 3.08. The van der Waals surface area contributed by atoms with E-state index in [1.807, 2.05) is 0 Å². The van der Waals surface area contributed by atoms with E-state index >= 15 is 0 Å². The van der Waals surface area contributed by atoms with Crippen molar-refractivity contribution in [1.82, 2.24) is 4.98 Å². The van der Waals surface area contributed by atoms with Crippen LogP contribution in [0.2, 0.25) is 5.15 Å². The Morgan fingerprint density at radius 2 is 2.24 bits per heavy atom. The maximum Gasteiger partial charge on any atom is 0.311 e. The molecule has 0 unspecified atom stereocenters. The fraction of sp³-hybridized carbons (Fsp3) is 0.400. The first-order valence-corrected chi connectivity index (χ1v) is 5.12. The van der Waals surface area contributed by atoms with Crippen LogP contribution in [-0.2, 0) is 16.0 Å². The average molecular weight is 268 g/mol. The topological polar surface area (TPSA) is 39.2 Å². The maximum atomic E-state index is 13.2. The van der Waals surface area contributed by atoms with Crippen LogP contribution in [0, 0.1) is 5.82 Å². The van der Waals surface area contributed by atoms with Crippen LogP contribution < -0.4 is 0 Å². The molecule has 1 aromatic heterocycles. The first-order chi connectivity index (χ1) is 7.95. The normalized spacial score (nSPS) is 10.7. The van der Waals surface area contributed by atoms with E-state index in [1.165, 1.54) is 0 Å². The van der Waals surface area contributed by atoms with Crippen molar-refractivity contribution >= 4 is 17.6 Å². The van der Waals surface area contributed by atoms with Crippen molar-refractivity contribution in [2.45, 2.75) is 19.8 Å². The lowest BCUT2D eigenvalue weighted by Gasteiger charge is -2.07. The van der Waals surface area contributed by atoms with Crippen molar-refractivity contribution in [2.75, 3.05) is 6.61 Å². The van der Waals surface area contributed by atoms with Crippen molar-refractivity contribution in [1.29, 1.82) is 0 Å². The molecule has 0 bridgehead atoms. The molecule has 0 saturated heterocycles. The Morgan fingerprint density at radius 3 is 2.71 bits per heavy atom. The fourth-order valence-corrected chi connectivity index (χ4v) is 1.47. The summed E-state index contributed by atoms with van der Waals surface area (Å²) in [6.07, 6.45) is -3.36. The number of hydrogen-bond acceptors (Lipinski definition) is 3. The molecular weight excluding hydrogens is 259 g/mol. The first kappa shape index (κ1) is 13.8. The molecule has 1 aromatic rings. The Bertz CT molecular complexity index is 403. The molecule has 0 aliphatic heterocycles. The second-order valence-corrected chi connectivity index (χ2v) is 3.44. The predicted molar refractivity (Wildman–Crippen MR) is 54.5 cm³/mol. The number of rotatable bonds is 4. The van der Waals surface area contributed by atoms with Gasteiger partial charge in [-0.05, 0) is 13.0 Å². The molecule has 0 amide bonds. The number of pyridine rings is 1. The predicted octanol–water partition coefficient (Wildman–Crippen LogP) is 2.92. The van der Waals surface area contributed by atoms with Gasteiger partial charge in [0.05, 0.1) is 24.3 Å². The van der Waals surface area contributed by atoms with E-state index in [4.69, 9.17) is 11.6 Å². The van der Waals surface area contributed by atoms with Gasteiger partial charge in [-0.25, -0.2) is 18.2 Å². The van der Waals surface area contributed by atoms with Crippen molar-refractivity contribution in [3.05, 3.63) is 28.3 Å². The lowest BCUT2D eigenvalue weighted by Crippen LogP contribution is -2.10. The zero-order valence-corrected chi connectivity index (χ0v) is 9.60.